The second-order valence-corrected chi connectivity index (χ2v) is 8.77. The van der Waals surface area contributed by atoms with E-state index in [1.165, 1.54) is 23.9 Å². The lowest BCUT2D eigenvalue weighted by Gasteiger charge is -2.15. The summed E-state index contributed by atoms with van der Waals surface area (Å²) in [5.74, 6) is 1.52. The van der Waals surface area contributed by atoms with Gasteiger partial charge in [0.25, 0.3) is 5.56 Å². The Hall–Kier alpha value is -3.24. The molecule has 0 aliphatic carbocycles. The van der Waals surface area contributed by atoms with Crippen molar-refractivity contribution in [2.24, 2.45) is 0 Å². The Labute approximate surface area is 193 Å². The summed E-state index contributed by atoms with van der Waals surface area (Å²) in [6.07, 6.45) is 2.15. The van der Waals surface area contributed by atoms with Gasteiger partial charge in [0.05, 0.1) is 35.8 Å². The van der Waals surface area contributed by atoms with Crippen LogP contribution in [-0.2, 0) is 23.6 Å². The summed E-state index contributed by atoms with van der Waals surface area (Å²) >= 11 is 1.47. The molecule has 10 heteroatoms. The molecule has 2 aromatic carbocycles. The number of benzene rings is 2. The number of ether oxygens (including phenoxy) is 1. The van der Waals surface area contributed by atoms with Gasteiger partial charge < -0.3 is 19.6 Å². The Bertz CT molecular complexity index is 1300. The molecular formula is C23H23FN6O2S. The van der Waals surface area contributed by atoms with Crippen molar-refractivity contribution in [2.75, 3.05) is 11.9 Å². The van der Waals surface area contributed by atoms with Gasteiger partial charge >= 0.3 is 0 Å². The van der Waals surface area contributed by atoms with Crippen LogP contribution < -0.4 is 10.9 Å². The maximum Gasteiger partial charge on any atom is 0.258 e. The monoisotopic (exact) mass is 466 g/mol. The molecule has 0 spiro atoms. The number of hydrogen-bond donors (Lipinski definition) is 2. The van der Waals surface area contributed by atoms with Gasteiger partial charge in [-0.2, -0.15) is 0 Å². The normalized spacial score (nSPS) is 15.8. The Balaban J connectivity index is 1.34. The van der Waals surface area contributed by atoms with Gasteiger partial charge in [0.2, 0.25) is 0 Å². The lowest BCUT2D eigenvalue weighted by molar-refractivity contribution is 0.0942. The average molecular weight is 467 g/mol. The van der Waals surface area contributed by atoms with Crippen molar-refractivity contribution in [2.45, 2.75) is 42.9 Å². The number of aromatic nitrogens is 5. The topological polar surface area (TPSA) is 97.7 Å². The van der Waals surface area contributed by atoms with Crippen molar-refractivity contribution in [1.82, 2.24) is 24.7 Å². The molecule has 0 amide bonds. The number of anilines is 1. The zero-order valence-corrected chi connectivity index (χ0v) is 18.6. The van der Waals surface area contributed by atoms with E-state index in [-0.39, 0.29) is 17.5 Å². The van der Waals surface area contributed by atoms with Gasteiger partial charge in [-0.15, -0.1) is 10.2 Å². The third-order valence-corrected chi connectivity index (χ3v) is 6.48. The lowest BCUT2D eigenvalue weighted by atomic mass is 10.2. The lowest BCUT2D eigenvalue weighted by Crippen LogP contribution is -2.19. The van der Waals surface area contributed by atoms with E-state index in [4.69, 9.17) is 4.74 Å². The van der Waals surface area contributed by atoms with E-state index in [0.717, 1.165) is 36.1 Å². The van der Waals surface area contributed by atoms with Crippen LogP contribution in [0.2, 0.25) is 0 Å². The second-order valence-electron chi connectivity index (χ2n) is 7.82. The Kier molecular flexibility index (Phi) is 6.36. The average Bonchev–Trinajstić information content (AvgIpc) is 3.48. The standard InChI is InChI=1S/C23H23FN6O2S/c24-15-7-9-16(10-8-15)25-12-21-28-29-23(30(21)13-17-4-3-11-32-17)33-14-20-26-19-6-2-1-5-18(19)22(31)27-20/h1-2,5-10,17,25H,3-4,11-14H2,(H,26,27,31). The maximum atomic E-state index is 13.2. The summed E-state index contributed by atoms with van der Waals surface area (Å²) < 4.78 is 21.1. The van der Waals surface area contributed by atoms with Crippen LogP contribution in [0.4, 0.5) is 10.1 Å². The highest BCUT2D eigenvalue weighted by molar-refractivity contribution is 7.98. The fourth-order valence-electron chi connectivity index (χ4n) is 3.82. The largest absolute Gasteiger partial charge is 0.378 e. The molecule has 170 valence electrons. The van der Waals surface area contributed by atoms with Crippen molar-refractivity contribution in [1.29, 1.82) is 0 Å². The molecule has 1 aliphatic rings. The zero-order valence-electron chi connectivity index (χ0n) is 17.8. The first-order valence-corrected chi connectivity index (χ1v) is 11.8. The first-order valence-electron chi connectivity index (χ1n) is 10.8. The summed E-state index contributed by atoms with van der Waals surface area (Å²) in [5, 5.41) is 13.3. The minimum absolute atomic E-state index is 0.114. The first-order chi connectivity index (χ1) is 16.2. The van der Waals surface area contributed by atoms with E-state index in [9.17, 15) is 9.18 Å². The number of nitrogens with one attached hydrogen (secondary N) is 2. The summed E-state index contributed by atoms with van der Waals surface area (Å²) in [6, 6.07) is 13.5. The number of aromatic amines is 1. The minimum Gasteiger partial charge on any atom is -0.378 e. The van der Waals surface area contributed by atoms with E-state index in [0.29, 0.717) is 35.6 Å². The summed E-state index contributed by atoms with van der Waals surface area (Å²) in [5.41, 5.74) is 1.32. The Morgan fingerprint density at radius 3 is 2.85 bits per heavy atom. The fourth-order valence-corrected chi connectivity index (χ4v) is 4.65. The molecule has 1 saturated heterocycles. The number of fused-ring (bicyclic) bond motifs is 1. The minimum atomic E-state index is -0.277. The maximum absolute atomic E-state index is 13.2. The van der Waals surface area contributed by atoms with E-state index in [2.05, 4.69) is 30.0 Å². The summed E-state index contributed by atoms with van der Waals surface area (Å²) in [7, 11) is 0. The van der Waals surface area contributed by atoms with Crippen molar-refractivity contribution in [3.05, 3.63) is 76.4 Å². The number of nitrogens with zero attached hydrogens (tertiary/aromatic N) is 4. The third kappa shape index (κ3) is 5.07. The molecule has 5 rings (SSSR count). The van der Waals surface area contributed by atoms with Crippen LogP contribution in [0.1, 0.15) is 24.5 Å². The molecule has 0 radical (unpaired) electrons. The molecule has 3 heterocycles. The van der Waals surface area contributed by atoms with Crippen LogP contribution in [0.3, 0.4) is 0 Å². The smallest absolute Gasteiger partial charge is 0.258 e. The number of hydrogen-bond acceptors (Lipinski definition) is 7. The molecule has 0 saturated carbocycles. The van der Waals surface area contributed by atoms with E-state index in [1.807, 2.05) is 18.2 Å². The van der Waals surface area contributed by atoms with Gasteiger partial charge in [0.15, 0.2) is 11.0 Å². The van der Waals surface area contributed by atoms with Gasteiger partial charge in [0.1, 0.15) is 11.6 Å². The Morgan fingerprint density at radius 1 is 1.18 bits per heavy atom. The van der Waals surface area contributed by atoms with Gasteiger partial charge in [0, 0.05) is 12.3 Å². The highest BCUT2D eigenvalue weighted by Gasteiger charge is 2.21. The molecule has 2 aromatic heterocycles. The number of thioether (sulfide) groups is 1. The first kappa shape index (κ1) is 21.6. The number of para-hydroxylation sites is 1. The number of rotatable bonds is 8. The van der Waals surface area contributed by atoms with Crippen molar-refractivity contribution < 1.29 is 9.13 Å². The van der Waals surface area contributed by atoms with Crippen molar-refractivity contribution >= 4 is 28.4 Å². The third-order valence-electron chi connectivity index (χ3n) is 5.50. The van der Waals surface area contributed by atoms with Gasteiger partial charge in [-0.1, -0.05) is 23.9 Å². The van der Waals surface area contributed by atoms with Crippen LogP contribution in [0.25, 0.3) is 10.9 Å². The predicted molar refractivity (Wildman–Crippen MR) is 125 cm³/mol. The highest BCUT2D eigenvalue weighted by atomic mass is 32.2. The van der Waals surface area contributed by atoms with Gasteiger partial charge in [-0.05, 0) is 49.2 Å². The molecule has 1 fully saturated rings. The van der Waals surface area contributed by atoms with E-state index >= 15 is 0 Å². The van der Waals surface area contributed by atoms with E-state index < -0.39 is 0 Å². The predicted octanol–water partition coefficient (Wildman–Crippen LogP) is 3.74. The highest BCUT2D eigenvalue weighted by Crippen LogP contribution is 2.24. The second kappa shape index (κ2) is 9.72. The SMILES string of the molecule is O=c1[nH]c(CSc2nnc(CNc3ccc(F)cc3)n2CC2CCCO2)nc2ccccc12. The molecule has 1 aliphatic heterocycles. The molecule has 4 aromatic rings. The molecule has 1 unspecified atom stereocenters. The van der Waals surface area contributed by atoms with Crippen LogP contribution in [-0.4, -0.2) is 37.4 Å². The molecular weight excluding hydrogens is 443 g/mol. The van der Waals surface area contributed by atoms with Crippen LogP contribution in [0, 0.1) is 5.82 Å². The Morgan fingerprint density at radius 2 is 2.03 bits per heavy atom. The fraction of sp³-hybridized carbons (Fsp3) is 0.304. The van der Waals surface area contributed by atoms with E-state index in [1.54, 1.807) is 18.2 Å². The molecule has 2 N–H and O–H groups in total. The van der Waals surface area contributed by atoms with Crippen molar-refractivity contribution in [3.63, 3.8) is 0 Å². The van der Waals surface area contributed by atoms with Crippen molar-refractivity contribution in [3.8, 4) is 0 Å². The molecule has 8 nitrogen and oxygen atoms in total. The molecule has 33 heavy (non-hydrogen) atoms. The van der Waals surface area contributed by atoms with Crippen LogP contribution in [0.15, 0.2) is 58.5 Å². The summed E-state index contributed by atoms with van der Waals surface area (Å²) in [6.45, 7) is 1.86. The molecule has 0 bridgehead atoms. The molecule has 1 atom stereocenters. The number of halogens is 1. The van der Waals surface area contributed by atoms with Crippen LogP contribution >= 0.6 is 11.8 Å². The number of H-pyrrole nitrogens is 1. The van der Waals surface area contributed by atoms with Crippen LogP contribution in [0.5, 0.6) is 0 Å². The quantitative estimate of drug-likeness (QED) is 0.382. The van der Waals surface area contributed by atoms with Gasteiger partial charge in [-0.3, -0.25) is 4.79 Å². The zero-order chi connectivity index (χ0) is 22.6. The summed E-state index contributed by atoms with van der Waals surface area (Å²) in [4.78, 5) is 19.8. The van der Waals surface area contributed by atoms with Gasteiger partial charge in [-0.25, -0.2) is 9.37 Å².